The molecule has 0 radical (unpaired) electrons. The molecule has 3 N–H and O–H groups in total. The first-order chi connectivity index (χ1) is 10.1. The van der Waals surface area contributed by atoms with Gasteiger partial charge in [0.15, 0.2) is 0 Å². The van der Waals surface area contributed by atoms with Crippen molar-refractivity contribution in [2.24, 2.45) is 5.73 Å². The van der Waals surface area contributed by atoms with E-state index in [9.17, 15) is 4.79 Å². The highest BCUT2D eigenvalue weighted by Gasteiger charge is 2.37. The Morgan fingerprint density at radius 3 is 2.81 bits per heavy atom. The van der Waals surface area contributed by atoms with Crippen LogP contribution in [0.1, 0.15) is 25.7 Å². The fourth-order valence-electron chi connectivity index (χ4n) is 2.51. The summed E-state index contributed by atoms with van der Waals surface area (Å²) in [7, 11) is 0. The van der Waals surface area contributed by atoms with Crippen LogP contribution in [0.4, 0.5) is 5.69 Å². The minimum atomic E-state index is -0.797. The van der Waals surface area contributed by atoms with E-state index < -0.39 is 5.54 Å². The maximum absolute atomic E-state index is 12.3. The number of halogens is 1. The van der Waals surface area contributed by atoms with Crippen molar-refractivity contribution in [1.82, 2.24) is 20.2 Å². The molecule has 21 heavy (non-hydrogen) atoms. The predicted molar refractivity (Wildman–Crippen MR) is 78.2 cm³/mol. The van der Waals surface area contributed by atoms with Crippen LogP contribution in [0.5, 0.6) is 0 Å². The molecule has 1 aromatic heterocycles. The summed E-state index contributed by atoms with van der Waals surface area (Å²) in [6.07, 6.45) is 4.81. The third-order valence-electron chi connectivity index (χ3n) is 3.76. The summed E-state index contributed by atoms with van der Waals surface area (Å²) in [5.41, 5.74) is 6.55. The highest BCUT2D eigenvalue weighted by molar-refractivity contribution is 6.33. The summed E-state index contributed by atoms with van der Waals surface area (Å²) in [5, 5.41) is 14.2. The Labute approximate surface area is 126 Å². The van der Waals surface area contributed by atoms with E-state index in [4.69, 9.17) is 17.3 Å². The molecule has 2 aromatic rings. The minimum Gasteiger partial charge on any atom is -0.323 e. The monoisotopic (exact) mass is 306 g/mol. The molecule has 1 aliphatic carbocycles. The Bertz CT molecular complexity index is 651. The maximum atomic E-state index is 12.3. The maximum Gasteiger partial charge on any atom is 0.244 e. The van der Waals surface area contributed by atoms with Gasteiger partial charge in [-0.05, 0) is 41.5 Å². The van der Waals surface area contributed by atoms with Crippen LogP contribution in [-0.4, -0.2) is 31.7 Å². The van der Waals surface area contributed by atoms with Gasteiger partial charge in [0.1, 0.15) is 6.33 Å². The van der Waals surface area contributed by atoms with Crippen molar-refractivity contribution in [2.45, 2.75) is 31.2 Å². The van der Waals surface area contributed by atoms with Gasteiger partial charge >= 0.3 is 0 Å². The SMILES string of the molecule is NC1(C(=O)Nc2cc(-n3cnnn3)ccc2Cl)CCCC1. The molecule has 8 heteroatoms. The predicted octanol–water partition coefficient (Wildman–Crippen LogP) is 1.53. The highest BCUT2D eigenvalue weighted by Crippen LogP contribution is 2.30. The van der Waals surface area contributed by atoms with Crippen molar-refractivity contribution in [1.29, 1.82) is 0 Å². The van der Waals surface area contributed by atoms with Crippen molar-refractivity contribution in [3.63, 3.8) is 0 Å². The third kappa shape index (κ3) is 2.74. The number of anilines is 1. The minimum absolute atomic E-state index is 0.198. The van der Waals surface area contributed by atoms with Crippen LogP contribution in [0, 0.1) is 0 Å². The fraction of sp³-hybridized carbons (Fsp3) is 0.385. The van der Waals surface area contributed by atoms with Gasteiger partial charge in [-0.15, -0.1) is 5.10 Å². The van der Waals surface area contributed by atoms with E-state index >= 15 is 0 Å². The Morgan fingerprint density at radius 2 is 2.14 bits per heavy atom. The first-order valence-electron chi connectivity index (χ1n) is 6.72. The normalized spacial score (nSPS) is 16.9. The number of nitrogens with zero attached hydrogens (tertiary/aromatic N) is 4. The zero-order valence-corrected chi connectivity index (χ0v) is 12.0. The summed E-state index contributed by atoms with van der Waals surface area (Å²) in [6, 6.07) is 5.17. The Hall–Kier alpha value is -1.99. The number of carbonyl (C=O) groups is 1. The van der Waals surface area contributed by atoms with Gasteiger partial charge in [-0.3, -0.25) is 4.79 Å². The number of tetrazole rings is 1. The van der Waals surface area contributed by atoms with Crippen LogP contribution in [0.25, 0.3) is 5.69 Å². The van der Waals surface area contributed by atoms with Crippen molar-refractivity contribution < 1.29 is 4.79 Å². The first kappa shape index (κ1) is 14.0. The molecule has 3 rings (SSSR count). The van der Waals surface area contributed by atoms with Crippen molar-refractivity contribution >= 4 is 23.2 Å². The molecule has 0 aliphatic heterocycles. The number of rotatable bonds is 3. The molecule has 7 nitrogen and oxygen atoms in total. The molecule has 1 fully saturated rings. The van der Waals surface area contributed by atoms with Crippen LogP contribution >= 0.6 is 11.6 Å². The molecule has 1 aromatic carbocycles. The molecule has 1 heterocycles. The summed E-state index contributed by atoms with van der Waals surface area (Å²) < 4.78 is 1.49. The molecule has 110 valence electrons. The standard InChI is InChI=1S/C13H15ClN6O/c14-10-4-3-9(20-8-16-18-19-20)7-11(10)17-12(21)13(15)5-1-2-6-13/h3-4,7-8H,1-2,5-6,15H2,(H,17,21). The fourth-order valence-corrected chi connectivity index (χ4v) is 2.68. The van der Waals surface area contributed by atoms with Crippen molar-refractivity contribution in [2.75, 3.05) is 5.32 Å². The largest absolute Gasteiger partial charge is 0.323 e. The molecule has 0 spiro atoms. The average molecular weight is 307 g/mol. The molecule has 1 saturated carbocycles. The average Bonchev–Trinajstić information content (AvgIpc) is 3.13. The first-order valence-corrected chi connectivity index (χ1v) is 7.09. The topological polar surface area (TPSA) is 98.7 Å². The molecule has 0 saturated heterocycles. The molecule has 1 aliphatic rings. The number of amides is 1. The zero-order chi connectivity index (χ0) is 14.9. The van der Waals surface area contributed by atoms with Gasteiger partial charge in [-0.25, -0.2) is 4.68 Å². The molecule has 0 bridgehead atoms. The van der Waals surface area contributed by atoms with E-state index in [-0.39, 0.29) is 5.91 Å². The lowest BCUT2D eigenvalue weighted by Crippen LogP contribution is -2.48. The van der Waals surface area contributed by atoms with Crippen molar-refractivity contribution in [3.8, 4) is 5.69 Å². The van der Waals surface area contributed by atoms with E-state index in [1.165, 1.54) is 11.0 Å². The second-order valence-electron chi connectivity index (χ2n) is 5.24. The second-order valence-corrected chi connectivity index (χ2v) is 5.64. The van der Waals surface area contributed by atoms with Gasteiger partial charge in [0.05, 0.1) is 21.9 Å². The van der Waals surface area contributed by atoms with Crippen LogP contribution in [-0.2, 0) is 4.79 Å². The number of nitrogens with two attached hydrogens (primary N) is 1. The Balaban J connectivity index is 1.85. The summed E-state index contributed by atoms with van der Waals surface area (Å²) in [5.74, 6) is -0.198. The molecule has 1 amide bonds. The summed E-state index contributed by atoms with van der Waals surface area (Å²) in [4.78, 5) is 12.3. The molecular weight excluding hydrogens is 292 g/mol. The van der Waals surface area contributed by atoms with Crippen LogP contribution < -0.4 is 11.1 Å². The second kappa shape index (κ2) is 5.42. The van der Waals surface area contributed by atoms with Crippen molar-refractivity contribution in [3.05, 3.63) is 29.5 Å². The molecular formula is C13H15ClN6O. The number of aromatic nitrogens is 4. The van der Waals surface area contributed by atoms with E-state index in [0.717, 1.165) is 12.8 Å². The van der Waals surface area contributed by atoms with Gasteiger partial charge in [0, 0.05) is 0 Å². The van der Waals surface area contributed by atoms with Crippen LogP contribution in [0.2, 0.25) is 5.02 Å². The van der Waals surface area contributed by atoms with Crippen LogP contribution in [0.3, 0.4) is 0 Å². The number of hydrogen-bond acceptors (Lipinski definition) is 5. The lowest BCUT2D eigenvalue weighted by Gasteiger charge is -2.22. The summed E-state index contributed by atoms with van der Waals surface area (Å²) >= 11 is 6.14. The smallest absolute Gasteiger partial charge is 0.244 e. The number of hydrogen-bond donors (Lipinski definition) is 2. The number of nitrogens with one attached hydrogen (secondary N) is 1. The van der Waals surface area contributed by atoms with E-state index in [1.54, 1.807) is 18.2 Å². The Morgan fingerprint density at radius 1 is 1.38 bits per heavy atom. The van der Waals surface area contributed by atoms with Gasteiger partial charge in [-0.1, -0.05) is 24.4 Å². The highest BCUT2D eigenvalue weighted by atomic mass is 35.5. The lowest BCUT2D eigenvalue weighted by atomic mass is 9.98. The van der Waals surface area contributed by atoms with Gasteiger partial charge in [-0.2, -0.15) is 0 Å². The van der Waals surface area contributed by atoms with Gasteiger partial charge in [0.2, 0.25) is 5.91 Å². The number of carbonyl (C=O) groups excluding carboxylic acids is 1. The molecule has 0 atom stereocenters. The quantitative estimate of drug-likeness (QED) is 0.896. The Kier molecular flexibility index (Phi) is 3.60. The van der Waals surface area contributed by atoms with E-state index in [0.29, 0.717) is 29.2 Å². The summed E-state index contributed by atoms with van der Waals surface area (Å²) in [6.45, 7) is 0. The number of benzene rings is 1. The van der Waals surface area contributed by atoms with Crippen LogP contribution in [0.15, 0.2) is 24.5 Å². The van der Waals surface area contributed by atoms with E-state index in [2.05, 4.69) is 20.8 Å². The zero-order valence-electron chi connectivity index (χ0n) is 11.3. The van der Waals surface area contributed by atoms with E-state index in [1.807, 2.05) is 0 Å². The lowest BCUT2D eigenvalue weighted by molar-refractivity contribution is -0.121. The van der Waals surface area contributed by atoms with Gasteiger partial charge < -0.3 is 11.1 Å². The molecule has 0 unspecified atom stereocenters. The third-order valence-corrected chi connectivity index (χ3v) is 4.09. The van der Waals surface area contributed by atoms with Gasteiger partial charge in [0.25, 0.3) is 0 Å².